The van der Waals surface area contributed by atoms with Gasteiger partial charge in [-0.05, 0) is 31.3 Å². The highest BCUT2D eigenvalue weighted by molar-refractivity contribution is 5.81. The van der Waals surface area contributed by atoms with Gasteiger partial charge in [0.25, 0.3) is 0 Å². The lowest BCUT2D eigenvalue weighted by Gasteiger charge is -2.30. The summed E-state index contributed by atoms with van der Waals surface area (Å²) < 4.78 is 0. The second-order valence-electron chi connectivity index (χ2n) is 7.59. The lowest BCUT2D eigenvalue weighted by molar-refractivity contribution is -0.129. The maximum atomic E-state index is 12.5. The molecule has 5 nitrogen and oxygen atoms in total. The van der Waals surface area contributed by atoms with Gasteiger partial charge in [-0.1, -0.05) is 13.8 Å². The number of benzene rings is 1. The van der Waals surface area contributed by atoms with Gasteiger partial charge in [-0.25, -0.2) is 0 Å². The van der Waals surface area contributed by atoms with Crippen molar-refractivity contribution in [1.82, 2.24) is 9.80 Å². The third-order valence-corrected chi connectivity index (χ3v) is 5.59. The SMILES string of the molecule is CN1CC2(C)CN(C(=O)CNc3ccc(C#N)cc3)CC2(C)C1. The maximum absolute atomic E-state index is 12.5. The molecular weight excluding hydrogens is 288 g/mol. The lowest BCUT2D eigenvalue weighted by atomic mass is 9.71. The Labute approximate surface area is 137 Å². The number of nitrogens with one attached hydrogen (secondary N) is 1. The van der Waals surface area contributed by atoms with Gasteiger partial charge in [0.05, 0.1) is 18.2 Å². The van der Waals surface area contributed by atoms with Crippen molar-refractivity contribution in [2.45, 2.75) is 13.8 Å². The molecule has 2 heterocycles. The Bertz CT molecular complexity index is 630. The van der Waals surface area contributed by atoms with Crippen LogP contribution in [0.3, 0.4) is 0 Å². The quantitative estimate of drug-likeness (QED) is 0.924. The van der Waals surface area contributed by atoms with E-state index in [4.69, 9.17) is 5.26 Å². The summed E-state index contributed by atoms with van der Waals surface area (Å²) in [6.45, 7) is 8.68. The van der Waals surface area contributed by atoms with Crippen LogP contribution in [0.25, 0.3) is 0 Å². The summed E-state index contributed by atoms with van der Waals surface area (Å²) in [5.41, 5.74) is 1.87. The first-order chi connectivity index (χ1) is 10.9. The van der Waals surface area contributed by atoms with Crippen LogP contribution < -0.4 is 5.32 Å². The van der Waals surface area contributed by atoms with E-state index in [1.165, 1.54) is 0 Å². The van der Waals surface area contributed by atoms with Crippen molar-refractivity contribution in [3.05, 3.63) is 29.8 Å². The third-order valence-electron chi connectivity index (χ3n) is 5.59. The molecule has 3 rings (SSSR count). The van der Waals surface area contributed by atoms with E-state index in [1.54, 1.807) is 12.1 Å². The number of hydrogen-bond donors (Lipinski definition) is 1. The largest absolute Gasteiger partial charge is 0.376 e. The molecule has 122 valence electrons. The predicted molar refractivity (Wildman–Crippen MR) is 89.9 cm³/mol. The first kappa shape index (κ1) is 15.8. The van der Waals surface area contributed by atoms with Crippen LogP contribution in [0.5, 0.6) is 0 Å². The summed E-state index contributed by atoms with van der Waals surface area (Å²) in [5.74, 6) is 0.147. The zero-order valence-electron chi connectivity index (χ0n) is 14.1. The van der Waals surface area contributed by atoms with Crippen LogP contribution >= 0.6 is 0 Å². The van der Waals surface area contributed by atoms with Crippen LogP contribution in [0, 0.1) is 22.2 Å². The molecule has 0 saturated carbocycles. The molecule has 2 aliphatic heterocycles. The average molecular weight is 312 g/mol. The number of hydrogen-bond acceptors (Lipinski definition) is 4. The van der Waals surface area contributed by atoms with Crippen molar-refractivity contribution in [2.75, 3.05) is 45.1 Å². The molecule has 1 aromatic rings. The molecule has 0 bridgehead atoms. The van der Waals surface area contributed by atoms with E-state index in [-0.39, 0.29) is 16.7 Å². The molecule has 0 aliphatic carbocycles. The molecule has 0 spiro atoms. The zero-order chi connectivity index (χ0) is 16.7. The minimum Gasteiger partial charge on any atom is -0.376 e. The Balaban J connectivity index is 1.59. The van der Waals surface area contributed by atoms with Gasteiger partial charge in [-0.15, -0.1) is 0 Å². The minimum absolute atomic E-state index is 0.147. The monoisotopic (exact) mass is 312 g/mol. The van der Waals surface area contributed by atoms with Gasteiger partial charge < -0.3 is 15.1 Å². The molecule has 1 aromatic carbocycles. The normalized spacial score (nSPS) is 30.1. The van der Waals surface area contributed by atoms with Crippen LogP contribution in [0.2, 0.25) is 0 Å². The molecule has 2 unspecified atom stereocenters. The zero-order valence-corrected chi connectivity index (χ0v) is 14.1. The second kappa shape index (κ2) is 5.54. The summed E-state index contributed by atoms with van der Waals surface area (Å²) in [5, 5.41) is 12.0. The highest BCUT2D eigenvalue weighted by Gasteiger charge is 2.57. The molecule has 5 heteroatoms. The summed E-state index contributed by atoms with van der Waals surface area (Å²) >= 11 is 0. The van der Waals surface area contributed by atoms with Gasteiger partial charge in [-0.3, -0.25) is 4.79 Å². The van der Waals surface area contributed by atoms with E-state index >= 15 is 0 Å². The molecule has 2 fully saturated rings. The number of rotatable bonds is 3. The van der Waals surface area contributed by atoms with Crippen LogP contribution in [0.4, 0.5) is 5.69 Å². The molecule has 23 heavy (non-hydrogen) atoms. The molecule has 2 saturated heterocycles. The fourth-order valence-electron chi connectivity index (χ4n) is 4.14. The van der Waals surface area contributed by atoms with E-state index in [9.17, 15) is 4.79 Å². The van der Waals surface area contributed by atoms with E-state index in [0.29, 0.717) is 12.1 Å². The van der Waals surface area contributed by atoms with Gasteiger partial charge in [0.2, 0.25) is 5.91 Å². The maximum Gasteiger partial charge on any atom is 0.241 e. The van der Waals surface area contributed by atoms with Crippen LogP contribution in [0.15, 0.2) is 24.3 Å². The summed E-state index contributed by atoms with van der Waals surface area (Å²) in [6, 6.07) is 9.27. The van der Waals surface area contributed by atoms with Gasteiger partial charge in [0.1, 0.15) is 0 Å². The standard InChI is InChI=1S/C18H24N4O/c1-17-10-21(3)11-18(17,2)13-22(12-17)16(23)9-20-15-6-4-14(8-19)5-7-15/h4-7,20H,9-13H2,1-3H3. The van der Waals surface area contributed by atoms with Crippen LogP contribution in [-0.4, -0.2) is 55.5 Å². The van der Waals surface area contributed by atoms with E-state index < -0.39 is 0 Å². The molecule has 2 aliphatic rings. The van der Waals surface area contributed by atoms with Crippen molar-refractivity contribution in [2.24, 2.45) is 10.8 Å². The van der Waals surface area contributed by atoms with Gasteiger partial charge >= 0.3 is 0 Å². The topological polar surface area (TPSA) is 59.4 Å². The fourth-order valence-corrected chi connectivity index (χ4v) is 4.14. The first-order valence-corrected chi connectivity index (χ1v) is 8.06. The number of likely N-dealkylation sites (tertiary alicyclic amines) is 2. The number of nitrogens with zero attached hydrogens (tertiary/aromatic N) is 3. The Morgan fingerprint density at radius 1 is 1.17 bits per heavy atom. The van der Waals surface area contributed by atoms with Crippen molar-refractivity contribution in [3.8, 4) is 6.07 Å². The summed E-state index contributed by atoms with van der Waals surface area (Å²) in [4.78, 5) is 16.9. The Morgan fingerprint density at radius 2 is 1.74 bits per heavy atom. The second-order valence-corrected chi connectivity index (χ2v) is 7.59. The van der Waals surface area contributed by atoms with Gasteiger partial charge in [0, 0.05) is 42.7 Å². The van der Waals surface area contributed by atoms with Crippen LogP contribution in [-0.2, 0) is 4.79 Å². The van der Waals surface area contributed by atoms with E-state index in [1.807, 2.05) is 17.0 Å². The molecule has 2 atom stereocenters. The lowest BCUT2D eigenvalue weighted by Crippen LogP contribution is -2.37. The highest BCUT2D eigenvalue weighted by Crippen LogP contribution is 2.50. The fraction of sp³-hybridized carbons (Fsp3) is 0.556. The number of anilines is 1. The number of fused-ring (bicyclic) bond motifs is 1. The number of carbonyl (C=O) groups is 1. The smallest absolute Gasteiger partial charge is 0.241 e. The van der Waals surface area contributed by atoms with E-state index in [0.717, 1.165) is 31.9 Å². The minimum atomic E-state index is 0.147. The van der Waals surface area contributed by atoms with Crippen molar-refractivity contribution < 1.29 is 4.79 Å². The Kier molecular flexibility index (Phi) is 3.81. The molecular formula is C18H24N4O. The van der Waals surface area contributed by atoms with Gasteiger partial charge in [0.15, 0.2) is 0 Å². The van der Waals surface area contributed by atoms with Crippen molar-refractivity contribution >= 4 is 11.6 Å². The predicted octanol–water partition coefficient (Wildman–Crippen LogP) is 1.77. The third kappa shape index (κ3) is 2.79. The summed E-state index contributed by atoms with van der Waals surface area (Å²) in [7, 11) is 2.16. The van der Waals surface area contributed by atoms with Crippen molar-refractivity contribution in [3.63, 3.8) is 0 Å². The summed E-state index contributed by atoms with van der Waals surface area (Å²) in [6.07, 6.45) is 0. The van der Waals surface area contributed by atoms with Crippen LogP contribution in [0.1, 0.15) is 19.4 Å². The highest BCUT2D eigenvalue weighted by atomic mass is 16.2. The molecule has 1 amide bonds. The molecule has 0 aromatic heterocycles. The average Bonchev–Trinajstić information content (AvgIpc) is 2.88. The Morgan fingerprint density at radius 3 is 2.26 bits per heavy atom. The Hall–Kier alpha value is -2.06. The number of nitriles is 1. The molecule has 0 radical (unpaired) electrons. The van der Waals surface area contributed by atoms with Gasteiger partial charge in [-0.2, -0.15) is 5.26 Å². The number of carbonyl (C=O) groups excluding carboxylic acids is 1. The first-order valence-electron chi connectivity index (χ1n) is 8.06. The van der Waals surface area contributed by atoms with Crippen molar-refractivity contribution in [1.29, 1.82) is 5.26 Å². The molecule has 1 N–H and O–H groups in total. The number of amides is 1. The van der Waals surface area contributed by atoms with E-state index in [2.05, 4.69) is 37.2 Å².